The molecule has 0 aliphatic carbocycles. The highest BCUT2D eigenvalue weighted by Gasteiger charge is 2.29. The summed E-state index contributed by atoms with van der Waals surface area (Å²) in [5, 5.41) is 1.76. The fourth-order valence-electron chi connectivity index (χ4n) is 1.34. The van der Waals surface area contributed by atoms with E-state index in [0.29, 0.717) is 0 Å². The number of ether oxygens (including phenoxy) is 2. The predicted molar refractivity (Wildman–Crippen MR) is 57.9 cm³/mol. The van der Waals surface area contributed by atoms with Crippen molar-refractivity contribution in [3.63, 3.8) is 0 Å². The van der Waals surface area contributed by atoms with E-state index in [2.05, 4.69) is 0 Å². The van der Waals surface area contributed by atoms with Gasteiger partial charge in [-0.05, 0) is 12.1 Å². The zero-order chi connectivity index (χ0) is 13.8. The Morgan fingerprint density at radius 2 is 1.72 bits per heavy atom. The van der Waals surface area contributed by atoms with Crippen LogP contribution in [0.15, 0.2) is 18.2 Å². The third kappa shape index (κ3) is 3.54. The first-order chi connectivity index (χ1) is 8.39. The van der Waals surface area contributed by atoms with Crippen LogP contribution in [0.2, 0.25) is 0 Å². The van der Waals surface area contributed by atoms with Gasteiger partial charge < -0.3 is 14.8 Å². The van der Waals surface area contributed by atoms with Gasteiger partial charge >= 0.3 is 6.18 Å². The van der Waals surface area contributed by atoms with Crippen LogP contribution in [0.5, 0.6) is 11.5 Å². The monoisotopic (exact) mass is 263 g/mol. The van der Waals surface area contributed by atoms with E-state index in [1.807, 2.05) is 0 Å². The normalized spacial score (nSPS) is 10.9. The molecule has 1 aromatic rings. The van der Waals surface area contributed by atoms with Gasteiger partial charge in [-0.1, -0.05) is 6.07 Å². The molecule has 0 radical (unpaired) electrons. The highest BCUT2D eigenvalue weighted by atomic mass is 19.4. The van der Waals surface area contributed by atoms with Gasteiger partial charge in [0.1, 0.15) is 23.6 Å². The first-order valence-electron chi connectivity index (χ1n) is 4.95. The Labute approximate surface area is 102 Å². The molecule has 0 spiro atoms. The van der Waals surface area contributed by atoms with Gasteiger partial charge in [-0.2, -0.15) is 13.2 Å². The standard InChI is InChI=1S/C11H12F3NO3/c1-17-7-4-3-5-8(18-2)9(7)10(16)15-6-11(12,13)14/h3-5H,6H2,1-2H3,(H,15,16). The van der Waals surface area contributed by atoms with Crippen LogP contribution in [-0.2, 0) is 0 Å². The van der Waals surface area contributed by atoms with E-state index in [9.17, 15) is 18.0 Å². The minimum atomic E-state index is -4.47. The van der Waals surface area contributed by atoms with Crippen molar-refractivity contribution in [2.24, 2.45) is 0 Å². The zero-order valence-electron chi connectivity index (χ0n) is 9.80. The fourth-order valence-corrected chi connectivity index (χ4v) is 1.34. The van der Waals surface area contributed by atoms with Crippen LogP contribution in [0, 0.1) is 0 Å². The molecule has 0 aromatic heterocycles. The first kappa shape index (κ1) is 14.1. The van der Waals surface area contributed by atoms with Crippen molar-refractivity contribution >= 4 is 5.91 Å². The number of amides is 1. The van der Waals surface area contributed by atoms with Crippen LogP contribution in [0.3, 0.4) is 0 Å². The highest BCUT2D eigenvalue weighted by Crippen LogP contribution is 2.28. The summed E-state index contributed by atoms with van der Waals surface area (Å²) >= 11 is 0. The second-order valence-electron chi connectivity index (χ2n) is 3.34. The van der Waals surface area contributed by atoms with Crippen molar-refractivity contribution in [1.29, 1.82) is 0 Å². The summed E-state index contributed by atoms with van der Waals surface area (Å²) < 4.78 is 45.9. The number of methoxy groups -OCH3 is 2. The van der Waals surface area contributed by atoms with E-state index in [-0.39, 0.29) is 17.1 Å². The average molecular weight is 263 g/mol. The lowest BCUT2D eigenvalue weighted by molar-refractivity contribution is -0.123. The Kier molecular flexibility index (Phi) is 4.41. The van der Waals surface area contributed by atoms with Crippen LogP contribution in [-0.4, -0.2) is 32.8 Å². The molecular weight excluding hydrogens is 251 g/mol. The maximum Gasteiger partial charge on any atom is 0.405 e. The lowest BCUT2D eigenvalue weighted by Gasteiger charge is -2.13. The predicted octanol–water partition coefficient (Wildman–Crippen LogP) is 2.00. The number of benzene rings is 1. The molecule has 0 unspecified atom stereocenters. The molecule has 1 rings (SSSR count). The number of carbonyl (C=O) groups is 1. The first-order valence-corrected chi connectivity index (χ1v) is 4.95. The van der Waals surface area contributed by atoms with Gasteiger partial charge in [-0.15, -0.1) is 0 Å². The van der Waals surface area contributed by atoms with Crippen molar-refractivity contribution in [2.45, 2.75) is 6.18 Å². The van der Waals surface area contributed by atoms with E-state index in [1.54, 1.807) is 11.4 Å². The van der Waals surface area contributed by atoms with Crippen molar-refractivity contribution < 1.29 is 27.4 Å². The van der Waals surface area contributed by atoms with Gasteiger partial charge in [0.2, 0.25) is 0 Å². The van der Waals surface area contributed by atoms with Gasteiger partial charge in [-0.25, -0.2) is 0 Å². The molecule has 0 atom stereocenters. The van der Waals surface area contributed by atoms with Crippen LogP contribution in [0.1, 0.15) is 10.4 Å². The molecule has 18 heavy (non-hydrogen) atoms. The smallest absolute Gasteiger partial charge is 0.405 e. The van der Waals surface area contributed by atoms with E-state index >= 15 is 0 Å². The highest BCUT2D eigenvalue weighted by molar-refractivity contribution is 5.99. The SMILES string of the molecule is COc1cccc(OC)c1C(=O)NCC(F)(F)F. The average Bonchev–Trinajstić information content (AvgIpc) is 2.33. The van der Waals surface area contributed by atoms with Crippen LogP contribution < -0.4 is 14.8 Å². The number of hydrogen-bond acceptors (Lipinski definition) is 3. The molecule has 7 heteroatoms. The number of nitrogens with one attached hydrogen (secondary N) is 1. The molecule has 1 aromatic carbocycles. The summed E-state index contributed by atoms with van der Waals surface area (Å²) in [6, 6.07) is 4.49. The number of carbonyl (C=O) groups excluding carboxylic acids is 1. The Balaban J connectivity index is 2.96. The molecule has 0 aliphatic rings. The van der Waals surface area contributed by atoms with Crippen LogP contribution in [0.25, 0.3) is 0 Å². The molecule has 0 fully saturated rings. The summed E-state index contributed by atoms with van der Waals surface area (Å²) in [6.45, 7) is -1.41. The van der Waals surface area contributed by atoms with E-state index in [1.165, 1.54) is 26.4 Å². The Morgan fingerprint density at radius 3 is 2.11 bits per heavy atom. The topological polar surface area (TPSA) is 47.6 Å². The summed E-state index contributed by atoms with van der Waals surface area (Å²) in [5.74, 6) is -0.607. The van der Waals surface area contributed by atoms with E-state index < -0.39 is 18.6 Å². The molecule has 100 valence electrons. The third-order valence-corrected chi connectivity index (χ3v) is 2.10. The summed E-state index contributed by atoms with van der Waals surface area (Å²) in [7, 11) is 2.63. The van der Waals surface area contributed by atoms with Gasteiger partial charge in [0.05, 0.1) is 14.2 Å². The minimum absolute atomic E-state index is 0.0632. The quantitative estimate of drug-likeness (QED) is 0.903. The van der Waals surface area contributed by atoms with Gasteiger partial charge in [0.15, 0.2) is 0 Å². The third-order valence-electron chi connectivity index (χ3n) is 2.10. The molecule has 1 amide bonds. The lowest BCUT2D eigenvalue weighted by Crippen LogP contribution is -2.34. The lowest BCUT2D eigenvalue weighted by atomic mass is 10.1. The van der Waals surface area contributed by atoms with Crippen molar-refractivity contribution in [3.8, 4) is 11.5 Å². The Hall–Kier alpha value is -1.92. The second kappa shape index (κ2) is 5.61. The maximum absolute atomic E-state index is 12.0. The number of halogens is 3. The number of alkyl halides is 3. The van der Waals surface area contributed by atoms with Crippen molar-refractivity contribution in [2.75, 3.05) is 20.8 Å². The summed E-state index contributed by atoms with van der Waals surface area (Å²) in [6.07, 6.45) is -4.47. The van der Waals surface area contributed by atoms with Crippen LogP contribution in [0.4, 0.5) is 13.2 Å². The molecule has 0 saturated carbocycles. The molecule has 1 N–H and O–H groups in total. The Morgan fingerprint density at radius 1 is 1.22 bits per heavy atom. The van der Waals surface area contributed by atoms with Crippen molar-refractivity contribution in [1.82, 2.24) is 5.32 Å². The molecule has 4 nitrogen and oxygen atoms in total. The zero-order valence-corrected chi connectivity index (χ0v) is 9.80. The number of rotatable bonds is 4. The largest absolute Gasteiger partial charge is 0.496 e. The molecular formula is C11H12F3NO3. The van der Waals surface area contributed by atoms with E-state index in [0.717, 1.165) is 0 Å². The van der Waals surface area contributed by atoms with Gasteiger partial charge in [0.25, 0.3) is 5.91 Å². The molecule has 0 saturated heterocycles. The molecule has 0 aliphatic heterocycles. The van der Waals surface area contributed by atoms with Gasteiger partial charge in [-0.3, -0.25) is 4.79 Å². The van der Waals surface area contributed by atoms with Gasteiger partial charge in [0, 0.05) is 0 Å². The summed E-state index contributed by atoms with van der Waals surface area (Å²) in [4.78, 5) is 11.7. The fraction of sp³-hybridized carbons (Fsp3) is 0.364. The Bertz CT molecular complexity index is 410. The van der Waals surface area contributed by atoms with Crippen molar-refractivity contribution in [3.05, 3.63) is 23.8 Å². The minimum Gasteiger partial charge on any atom is -0.496 e. The second-order valence-corrected chi connectivity index (χ2v) is 3.34. The summed E-state index contributed by atoms with van der Waals surface area (Å²) in [5.41, 5.74) is -0.0632. The van der Waals surface area contributed by atoms with Crippen LogP contribution >= 0.6 is 0 Å². The molecule has 0 heterocycles. The maximum atomic E-state index is 12.0. The molecule has 0 bridgehead atoms. The van der Waals surface area contributed by atoms with E-state index in [4.69, 9.17) is 9.47 Å². The number of hydrogen-bond donors (Lipinski definition) is 1.